The Bertz CT molecular complexity index is 708. The minimum Gasteiger partial charge on any atom is -0.393 e. The molecule has 0 atom stereocenters. The Morgan fingerprint density at radius 1 is 1.32 bits per heavy atom. The molecule has 1 aliphatic carbocycles. The zero-order chi connectivity index (χ0) is 15.3. The Hall–Kier alpha value is -1.58. The third kappa shape index (κ3) is 2.20. The first kappa shape index (κ1) is 14.0. The molecule has 4 rings (SSSR count). The van der Waals surface area contributed by atoms with Crippen LogP contribution in [0.2, 0.25) is 5.02 Å². The third-order valence-electron chi connectivity index (χ3n) is 4.94. The molecule has 0 amide bonds. The van der Waals surface area contributed by atoms with E-state index in [0.29, 0.717) is 5.02 Å². The normalized spacial score (nSPS) is 26.1. The number of benzene rings is 1. The number of pyridine rings is 1. The van der Waals surface area contributed by atoms with Crippen LogP contribution in [0.5, 0.6) is 0 Å². The van der Waals surface area contributed by atoms with Gasteiger partial charge < -0.3 is 10.0 Å². The number of aryl methyl sites for hydroxylation is 1. The lowest BCUT2D eigenvalue weighted by Gasteiger charge is -2.43. The van der Waals surface area contributed by atoms with Gasteiger partial charge in [-0.3, -0.25) is 0 Å². The van der Waals surface area contributed by atoms with Crippen molar-refractivity contribution < 1.29 is 5.11 Å². The molecule has 114 valence electrons. The van der Waals surface area contributed by atoms with Crippen molar-refractivity contribution in [3.8, 4) is 0 Å². The van der Waals surface area contributed by atoms with Gasteiger partial charge in [-0.2, -0.15) is 0 Å². The summed E-state index contributed by atoms with van der Waals surface area (Å²) in [6.07, 6.45) is 3.15. The van der Waals surface area contributed by atoms with E-state index in [2.05, 4.69) is 41.1 Å². The topological polar surface area (TPSA) is 36.4 Å². The van der Waals surface area contributed by atoms with Gasteiger partial charge in [-0.05, 0) is 31.4 Å². The highest BCUT2D eigenvalue weighted by Crippen LogP contribution is 2.52. The molecular formula is C18H19ClN2O. The van der Waals surface area contributed by atoms with Crippen LogP contribution in [0.3, 0.4) is 0 Å². The second-order valence-electron chi connectivity index (χ2n) is 6.71. The average molecular weight is 315 g/mol. The number of rotatable bonds is 2. The van der Waals surface area contributed by atoms with E-state index in [0.717, 1.165) is 31.7 Å². The fourth-order valence-electron chi connectivity index (χ4n) is 3.84. The van der Waals surface area contributed by atoms with E-state index >= 15 is 0 Å². The quantitative estimate of drug-likeness (QED) is 0.922. The summed E-state index contributed by atoms with van der Waals surface area (Å²) in [5.41, 5.74) is 3.80. The maximum Gasteiger partial charge on any atom is 0.132 e. The predicted octanol–water partition coefficient (Wildman–Crippen LogP) is 3.46. The number of anilines is 1. The lowest BCUT2D eigenvalue weighted by atomic mass is 9.64. The van der Waals surface area contributed by atoms with E-state index in [1.807, 2.05) is 6.07 Å². The van der Waals surface area contributed by atoms with Crippen LogP contribution >= 0.6 is 11.6 Å². The zero-order valence-electron chi connectivity index (χ0n) is 12.6. The maximum absolute atomic E-state index is 9.80. The van der Waals surface area contributed by atoms with Crippen LogP contribution < -0.4 is 4.90 Å². The molecule has 1 aromatic carbocycles. The molecule has 0 unspecified atom stereocenters. The number of aromatic nitrogens is 1. The van der Waals surface area contributed by atoms with Gasteiger partial charge in [0, 0.05) is 30.3 Å². The van der Waals surface area contributed by atoms with Crippen molar-refractivity contribution in [2.24, 2.45) is 0 Å². The first-order valence-corrected chi connectivity index (χ1v) is 8.08. The Labute approximate surface area is 135 Å². The van der Waals surface area contributed by atoms with Gasteiger partial charge in [-0.25, -0.2) is 4.98 Å². The second-order valence-corrected chi connectivity index (χ2v) is 7.15. The molecule has 0 radical (unpaired) electrons. The molecule has 1 aromatic heterocycles. The minimum absolute atomic E-state index is 0.0390. The summed E-state index contributed by atoms with van der Waals surface area (Å²) >= 11 is 6.15. The molecule has 22 heavy (non-hydrogen) atoms. The summed E-state index contributed by atoms with van der Waals surface area (Å²) in [5.74, 6) is 1.02. The summed E-state index contributed by atoms with van der Waals surface area (Å²) in [6.45, 7) is 3.86. The van der Waals surface area contributed by atoms with E-state index in [4.69, 9.17) is 11.6 Å². The first-order chi connectivity index (χ1) is 10.6. The summed E-state index contributed by atoms with van der Waals surface area (Å²) in [4.78, 5) is 6.89. The Balaban J connectivity index is 1.66. The lowest BCUT2D eigenvalue weighted by molar-refractivity contribution is 0.0256. The molecule has 0 bridgehead atoms. The van der Waals surface area contributed by atoms with Crippen molar-refractivity contribution >= 4 is 17.4 Å². The standard InChI is InChI=1S/C18H19ClN2O/c1-12-2-4-13(5-3-12)10-21-11-18(7-15(22)8-18)16-6-14(19)9-20-17(16)21/h2-6,9,15,22H,7-8,10-11H2,1H3. The van der Waals surface area contributed by atoms with Gasteiger partial charge in [0.1, 0.15) is 5.82 Å². The Morgan fingerprint density at radius 3 is 2.73 bits per heavy atom. The van der Waals surface area contributed by atoms with Crippen molar-refractivity contribution in [2.75, 3.05) is 11.4 Å². The number of hydrogen-bond acceptors (Lipinski definition) is 3. The van der Waals surface area contributed by atoms with Crippen molar-refractivity contribution in [2.45, 2.75) is 37.8 Å². The lowest BCUT2D eigenvalue weighted by Crippen LogP contribution is -2.47. The van der Waals surface area contributed by atoms with Gasteiger partial charge in [0.15, 0.2) is 0 Å². The third-order valence-corrected chi connectivity index (χ3v) is 5.15. The highest BCUT2D eigenvalue weighted by atomic mass is 35.5. The van der Waals surface area contributed by atoms with E-state index in [9.17, 15) is 5.11 Å². The molecule has 3 nitrogen and oxygen atoms in total. The summed E-state index contributed by atoms with van der Waals surface area (Å²) in [7, 11) is 0. The molecule has 2 aliphatic rings. The number of aliphatic hydroxyl groups excluding tert-OH is 1. The van der Waals surface area contributed by atoms with Crippen LogP contribution in [0.4, 0.5) is 5.82 Å². The van der Waals surface area contributed by atoms with E-state index in [1.54, 1.807) is 6.20 Å². The van der Waals surface area contributed by atoms with Crippen LogP contribution in [0.25, 0.3) is 0 Å². The second kappa shape index (κ2) is 4.97. The van der Waals surface area contributed by atoms with Gasteiger partial charge in [0.05, 0.1) is 11.1 Å². The molecule has 1 saturated carbocycles. The van der Waals surface area contributed by atoms with E-state index in [1.165, 1.54) is 16.7 Å². The predicted molar refractivity (Wildman–Crippen MR) is 88.4 cm³/mol. The van der Waals surface area contributed by atoms with Gasteiger partial charge >= 0.3 is 0 Å². The number of aliphatic hydroxyl groups is 1. The summed E-state index contributed by atoms with van der Waals surface area (Å²) in [6, 6.07) is 10.7. The Kier molecular flexibility index (Phi) is 3.17. The molecule has 1 spiro atoms. The molecule has 0 saturated heterocycles. The minimum atomic E-state index is -0.189. The molecule has 1 aliphatic heterocycles. The molecule has 1 fully saturated rings. The van der Waals surface area contributed by atoms with Gasteiger partial charge in [-0.1, -0.05) is 41.4 Å². The maximum atomic E-state index is 9.80. The van der Waals surface area contributed by atoms with Crippen molar-refractivity contribution in [3.63, 3.8) is 0 Å². The molecule has 1 N–H and O–H groups in total. The molecule has 4 heteroatoms. The monoisotopic (exact) mass is 314 g/mol. The number of halogens is 1. The molecule has 2 heterocycles. The van der Waals surface area contributed by atoms with Crippen LogP contribution in [0.1, 0.15) is 29.5 Å². The molecule has 2 aromatic rings. The fourth-order valence-corrected chi connectivity index (χ4v) is 3.99. The van der Waals surface area contributed by atoms with E-state index in [-0.39, 0.29) is 11.5 Å². The Morgan fingerprint density at radius 2 is 2.05 bits per heavy atom. The molecular weight excluding hydrogens is 296 g/mol. The highest BCUT2D eigenvalue weighted by molar-refractivity contribution is 6.30. The van der Waals surface area contributed by atoms with Gasteiger partial charge in [0.2, 0.25) is 0 Å². The van der Waals surface area contributed by atoms with Gasteiger partial charge in [-0.15, -0.1) is 0 Å². The zero-order valence-corrected chi connectivity index (χ0v) is 13.3. The van der Waals surface area contributed by atoms with E-state index < -0.39 is 0 Å². The van der Waals surface area contributed by atoms with Crippen molar-refractivity contribution in [3.05, 3.63) is 58.2 Å². The highest BCUT2D eigenvalue weighted by Gasteiger charge is 2.52. The fraction of sp³-hybridized carbons (Fsp3) is 0.389. The first-order valence-electron chi connectivity index (χ1n) is 7.70. The van der Waals surface area contributed by atoms with Crippen LogP contribution in [-0.4, -0.2) is 22.7 Å². The van der Waals surface area contributed by atoms with Crippen LogP contribution in [-0.2, 0) is 12.0 Å². The number of nitrogens with zero attached hydrogens (tertiary/aromatic N) is 2. The van der Waals surface area contributed by atoms with Gasteiger partial charge in [0.25, 0.3) is 0 Å². The average Bonchev–Trinajstić information content (AvgIpc) is 2.75. The smallest absolute Gasteiger partial charge is 0.132 e. The number of fused-ring (bicyclic) bond motifs is 2. The van der Waals surface area contributed by atoms with Crippen molar-refractivity contribution in [1.82, 2.24) is 4.98 Å². The summed E-state index contributed by atoms with van der Waals surface area (Å²) in [5, 5.41) is 10.5. The van der Waals surface area contributed by atoms with Crippen molar-refractivity contribution in [1.29, 1.82) is 0 Å². The number of hydrogen-bond donors (Lipinski definition) is 1. The SMILES string of the molecule is Cc1ccc(CN2CC3(CC(O)C3)c3cc(Cl)cnc32)cc1. The largest absolute Gasteiger partial charge is 0.393 e. The van der Waals surface area contributed by atoms with Crippen LogP contribution in [0.15, 0.2) is 36.5 Å². The summed E-state index contributed by atoms with van der Waals surface area (Å²) < 4.78 is 0. The van der Waals surface area contributed by atoms with Crippen LogP contribution in [0, 0.1) is 6.92 Å².